The Hall–Kier alpha value is -2.04. The van der Waals surface area contributed by atoms with Crippen molar-refractivity contribution in [3.63, 3.8) is 0 Å². The van der Waals surface area contributed by atoms with E-state index in [0.717, 1.165) is 22.5 Å². The SMILES string of the molecule is CCOC(=O)C(CC)N1C(=O)C(C)Nc2cc(C)c(C)cc21. The van der Waals surface area contributed by atoms with Crippen molar-refractivity contribution in [2.75, 3.05) is 16.8 Å². The van der Waals surface area contributed by atoms with Gasteiger partial charge in [-0.05, 0) is 57.4 Å². The van der Waals surface area contributed by atoms with E-state index in [-0.39, 0.29) is 17.9 Å². The molecule has 0 fully saturated rings. The van der Waals surface area contributed by atoms with E-state index in [4.69, 9.17) is 4.74 Å². The Labute approximate surface area is 131 Å². The number of carbonyl (C=O) groups excluding carboxylic acids is 2. The number of esters is 1. The molecule has 5 heteroatoms. The van der Waals surface area contributed by atoms with Crippen LogP contribution in [0.1, 0.15) is 38.3 Å². The largest absolute Gasteiger partial charge is 0.464 e. The minimum Gasteiger partial charge on any atom is -0.464 e. The van der Waals surface area contributed by atoms with Crippen LogP contribution >= 0.6 is 0 Å². The first-order valence-electron chi connectivity index (χ1n) is 7.78. The molecule has 0 saturated carbocycles. The molecule has 0 saturated heterocycles. The Bertz CT molecular complexity index is 598. The van der Waals surface area contributed by atoms with Gasteiger partial charge < -0.3 is 10.1 Å². The molecule has 1 N–H and O–H groups in total. The van der Waals surface area contributed by atoms with E-state index in [1.54, 1.807) is 11.8 Å². The second-order valence-corrected chi connectivity index (χ2v) is 5.70. The van der Waals surface area contributed by atoms with Crippen molar-refractivity contribution in [3.8, 4) is 0 Å². The van der Waals surface area contributed by atoms with Crippen molar-refractivity contribution in [3.05, 3.63) is 23.3 Å². The molecule has 120 valence electrons. The number of carbonyl (C=O) groups is 2. The average molecular weight is 304 g/mol. The fraction of sp³-hybridized carbons (Fsp3) is 0.529. The highest BCUT2D eigenvalue weighted by Gasteiger charge is 2.38. The van der Waals surface area contributed by atoms with Crippen molar-refractivity contribution in [2.45, 2.75) is 53.1 Å². The van der Waals surface area contributed by atoms with Gasteiger partial charge in [-0.25, -0.2) is 4.79 Å². The Morgan fingerprint density at radius 3 is 2.55 bits per heavy atom. The van der Waals surface area contributed by atoms with Crippen LogP contribution in [-0.4, -0.2) is 30.6 Å². The summed E-state index contributed by atoms with van der Waals surface area (Å²) >= 11 is 0. The first-order chi connectivity index (χ1) is 10.4. The number of fused-ring (bicyclic) bond motifs is 1. The van der Waals surface area contributed by atoms with E-state index in [0.29, 0.717) is 13.0 Å². The summed E-state index contributed by atoms with van der Waals surface area (Å²) in [6.45, 7) is 9.82. The number of benzene rings is 1. The molecule has 1 aliphatic rings. The zero-order valence-corrected chi connectivity index (χ0v) is 13.9. The fourth-order valence-corrected chi connectivity index (χ4v) is 2.75. The summed E-state index contributed by atoms with van der Waals surface area (Å²) in [5, 5.41) is 3.21. The summed E-state index contributed by atoms with van der Waals surface area (Å²) in [5.41, 5.74) is 3.88. The molecule has 0 spiro atoms. The van der Waals surface area contributed by atoms with E-state index in [1.165, 1.54) is 0 Å². The monoisotopic (exact) mass is 304 g/mol. The molecule has 1 aromatic carbocycles. The van der Waals surface area contributed by atoms with Gasteiger partial charge in [0.15, 0.2) is 0 Å². The summed E-state index contributed by atoms with van der Waals surface area (Å²) in [6.07, 6.45) is 0.518. The zero-order valence-electron chi connectivity index (χ0n) is 13.9. The third-order valence-corrected chi connectivity index (χ3v) is 4.11. The first-order valence-corrected chi connectivity index (χ1v) is 7.78. The standard InChI is InChI=1S/C17H24N2O3/c1-6-14(17(21)22-7-2)19-15-9-11(4)10(3)8-13(15)18-12(5)16(19)20/h8-9,12,14,18H,6-7H2,1-5H3. The summed E-state index contributed by atoms with van der Waals surface area (Å²) in [5.74, 6) is -0.452. The van der Waals surface area contributed by atoms with Crippen LogP contribution in [0.25, 0.3) is 0 Å². The highest BCUT2D eigenvalue weighted by molar-refractivity contribution is 6.08. The molecule has 1 amide bonds. The molecule has 2 unspecified atom stereocenters. The number of nitrogens with one attached hydrogen (secondary N) is 1. The van der Waals surface area contributed by atoms with Crippen molar-refractivity contribution >= 4 is 23.3 Å². The van der Waals surface area contributed by atoms with E-state index in [2.05, 4.69) is 5.32 Å². The fourth-order valence-electron chi connectivity index (χ4n) is 2.75. The molecule has 0 aromatic heterocycles. The highest BCUT2D eigenvalue weighted by Crippen LogP contribution is 2.36. The third-order valence-electron chi connectivity index (χ3n) is 4.11. The molecular weight excluding hydrogens is 280 g/mol. The topological polar surface area (TPSA) is 58.6 Å². The second kappa shape index (κ2) is 6.38. The summed E-state index contributed by atoms with van der Waals surface area (Å²) in [7, 11) is 0. The Balaban J connectivity index is 2.52. The molecule has 22 heavy (non-hydrogen) atoms. The number of amides is 1. The van der Waals surface area contributed by atoms with Gasteiger partial charge in [0, 0.05) is 0 Å². The predicted octanol–water partition coefficient (Wildman–Crippen LogP) is 2.79. The van der Waals surface area contributed by atoms with Gasteiger partial charge in [-0.1, -0.05) is 6.92 Å². The molecule has 5 nitrogen and oxygen atoms in total. The lowest BCUT2D eigenvalue weighted by Crippen LogP contribution is -2.53. The minimum atomic E-state index is -0.585. The number of hydrogen-bond acceptors (Lipinski definition) is 4. The van der Waals surface area contributed by atoms with E-state index >= 15 is 0 Å². The van der Waals surface area contributed by atoms with Crippen molar-refractivity contribution < 1.29 is 14.3 Å². The molecule has 1 aliphatic heterocycles. The van der Waals surface area contributed by atoms with Crippen LogP contribution in [-0.2, 0) is 14.3 Å². The number of aryl methyl sites for hydroxylation is 2. The van der Waals surface area contributed by atoms with Crippen molar-refractivity contribution in [1.29, 1.82) is 0 Å². The molecule has 2 rings (SSSR count). The van der Waals surface area contributed by atoms with Crippen molar-refractivity contribution in [2.24, 2.45) is 0 Å². The second-order valence-electron chi connectivity index (χ2n) is 5.70. The highest BCUT2D eigenvalue weighted by atomic mass is 16.5. The van der Waals surface area contributed by atoms with Crippen LogP contribution in [0.3, 0.4) is 0 Å². The van der Waals surface area contributed by atoms with Crippen molar-refractivity contribution in [1.82, 2.24) is 0 Å². The van der Waals surface area contributed by atoms with E-state index < -0.39 is 6.04 Å². The molecule has 2 atom stereocenters. The number of anilines is 2. The van der Waals surface area contributed by atoms with Crippen LogP contribution in [0.5, 0.6) is 0 Å². The number of ether oxygens (including phenoxy) is 1. The van der Waals surface area contributed by atoms with Gasteiger partial charge in [0.2, 0.25) is 5.91 Å². The Morgan fingerprint density at radius 1 is 1.32 bits per heavy atom. The van der Waals surface area contributed by atoms with Crippen LogP contribution < -0.4 is 10.2 Å². The maximum absolute atomic E-state index is 12.6. The molecule has 0 aliphatic carbocycles. The molecule has 1 heterocycles. The smallest absolute Gasteiger partial charge is 0.329 e. The maximum Gasteiger partial charge on any atom is 0.329 e. The van der Waals surface area contributed by atoms with Gasteiger partial charge in [0.25, 0.3) is 0 Å². The molecule has 1 aromatic rings. The van der Waals surface area contributed by atoms with Gasteiger partial charge in [-0.2, -0.15) is 0 Å². The molecule has 0 bridgehead atoms. The number of nitrogens with zero attached hydrogens (tertiary/aromatic N) is 1. The minimum absolute atomic E-state index is 0.101. The Morgan fingerprint density at radius 2 is 1.95 bits per heavy atom. The van der Waals surface area contributed by atoms with Crippen LogP contribution in [0, 0.1) is 13.8 Å². The zero-order chi connectivity index (χ0) is 16.4. The van der Waals surface area contributed by atoms with Gasteiger partial charge >= 0.3 is 5.97 Å². The lowest BCUT2D eigenvalue weighted by atomic mass is 10.0. The van der Waals surface area contributed by atoms with E-state index in [9.17, 15) is 9.59 Å². The van der Waals surface area contributed by atoms with Gasteiger partial charge in [0.1, 0.15) is 12.1 Å². The molecular formula is C17H24N2O3. The quantitative estimate of drug-likeness (QED) is 0.869. The average Bonchev–Trinajstić information content (AvgIpc) is 2.46. The number of hydrogen-bond donors (Lipinski definition) is 1. The lowest BCUT2D eigenvalue weighted by Gasteiger charge is -2.38. The van der Waals surface area contributed by atoms with Gasteiger partial charge in [-0.3, -0.25) is 9.69 Å². The van der Waals surface area contributed by atoms with Crippen LogP contribution in [0.4, 0.5) is 11.4 Å². The normalized spacial score (nSPS) is 18.5. The van der Waals surface area contributed by atoms with Crippen LogP contribution in [0.15, 0.2) is 12.1 Å². The summed E-state index contributed by atoms with van der Waals surface area (Å²) in [4.78, 5) is 26.5. The number of rotatable bonds is 4. The molecule has 0 radical (unpaired) electrons. The summed E-state index contributed by atoms with van der Waals surface area (Å²) in [6, 6.07) is 3.04. The Kier molecular flexibility index (Phi) is 4.74. The van der Waals surface area contributed by atoms with E-state index in [1.807, 2.05) is 39.8 Å². The van der Waals surface area contributed by atoms with Crippen LogP contribution in [0.2, 0.25) is 0 Å². The lowest BCUT2D eigenvalue weighted by molar-refractivity contribution is -0.146. The maximum atomic E-state index is 12.6. The predicted molar refractivity (Wildman–Crippen MR) is 87.2 cm³/mol. The van der Waals surface area contributed by atoms with Gasteiger partial charge in [-0.15, -0.1) is 0 Å². The summed E-state index contributed by atoms with van der Waals surface area (Å²) < 4.78 is 5.15. The van der Waals surface area contributed by atoms with Gasteiger partial charge in [0.05, 0.1) is 18.0 Å². The first kappa shape index (κ1) is 16.3. The third kappa shape index (κ3) is 2.80.